The average molecular weight is 1230 g/mol. The molecule has 0 saturated heterocycles. The Balaban J connectivity index is 0.000000257. The van der Waals surface area contributed by atoms with Crippen LogP contribution in [0.15, 0.2) is 273 Å². The fourth-order valence-corrected chi connectivity index (χ4v) is 15.8. The molecule has 0 unspecified atom stereocenters. The molecular formula is C68H69CuFeIP3-. The quantitative estimate of drug-likeness (QED) is 0.0585. The molecule has 10 aromatic rings. The van der Waals surface area contributed by atoms with Crippen LogP contribution in [-0.2, 0) is 45.0 Å². The van der Waals surface area contributed by atoms with Gasteiger partial charge in [0.05, 0.1) is 0 Å². The fraction of sp³-hybridized carbons (Fsp3) is 0.147. The van der Waals surface area contributed by atoms with Crippen molar-refractivity contribution in [1.82, 2.24) is 0 Å². The summed E-state index contributed by atoms with van der Waals surface area (Å²) in [7, 11) is -1.85. The predicted octanol–water partition coefficient (Wildman–Crippen LogP) is 11.7. The molecule has 1 radical (unpaired) electrons. The van der Waals surface area contributed by atoms with Gasteiger partial charge in [-0.15, -0.1) is 15.9 Å². The van der Waals surface area contributed by atoms with Crippen LogP contribution < -0.4 is 71.7 Å². The van der Waals surface area contributed by atoms with Crippen molar-refractivity contribution < 1.29 is 58.1 Å². The zero-order chi connectivity index (χ0) is 50.1. The van der Waals surface area contributed by atoms with Gasteiger partial charge in [0.15, 0.2) is 0 Å². The van der Waals surface area contributed by atoms with E-state index < -0.39 is 23.8 Å². The van der Waals surface area contributed by atoms with Crippen molar-refractivity contribution in [2.75, 3.05) is 0 Å². The molecule has 0 atom stereocenters. The number of halogens is 1. The van der Waals surface area contributed by atoms with Crippen molar-refractivity contribution in [3.63, 3.8) is 0 Å². The number of hydrogen-bond donors (Lipinski definition) is 0. The third-order valence-electron chi connectivity index (χ3n) is 12.0. The third kappa shape index (κ3) is 18.1. The number of rotatable bonds is 9. The van der Waals surface area contributed by atoms with Crippen LogP contribution >= 0.6 is 23.8 Å². The summed E-state index contributed by atoms with van der Waals surface area (Å²) in [5, 5.41) is 12.8. The fourth-order valence-electron chi connectivity index (χ4n) is 8.14. The predicted molar refractivity (Wildman–Crippen MR) is 320 cm³/mol. The van der Waals surface area contributed by atoms with E-state index in [2.05, 4.69) is 292 Å². The van der Waals surface area contributed by atoms with Crippen LogP contribution in [0.3, 0.4) is 0 Å². The topological polar surface area (TPSA) is 0 Å². The number of hydrogen-bond acceptors (Lipinski definition) is 0. The Labute approximate surface area is 486 Å². The maximum Gasteiger partial charge on any atom is 2.00 e. The van der Waals surface area contributed by atoms with E-state index in [4.69, 9.17) is 0 Å². The van der Waals surface area contributed by atoms with Crippen molar-refractivity contribution >= 4 is 71.5 Å². The van der Waals surface area contributed by atoms with Crippen molar-refractivity contribution in [2.24, 2.45) is 0 Å². The monoisotopic (exact) mass is 1220 g/mol. The van der Waals surface area contributed by atoms with Gasteiger partial charge in [-0.05, 0) is 53.6 Å². The van der Waals surface area contributed by atoms with Gasteiger partial charge in [0, 0.05) is 17.1 Å². The molecule has 383 valence electrons. The molecule has 74 heavy (non-hydrogen) atoms. The second-order valence-corrected chi connectivity index (χ2v) is 26.3. The van der Waals surface area contributed by atoms with E-state index in [0.29, 0.717) is 0 Å². The Bertz CT molecular complexity index is 2790. The summed E-state index contributed by atoms with van der Waals surface area (Å²) in [6, 6.07) is 98.7. The van der Waals surface area contributed by atoms with Gasteiger partial charge >= 0.3 is 17.1 Å². The van der Waals surface area contributed by atoms with Gasteiger partial charge in [0.25, 0.3) is 0 Å². The molecule has 10 rings (SSSR count). The second kappa shape index (κ2) is 30.9. The Morgan fingerprint density at radius 3 is 0.892 bits per heavy atom. The van der Waals surface area contributed by atoms with Gasteiger partial charge in [-0.2, -0.15) is 29.3 Å². The minimum absolute atomic E-state index is 0. The normalized spacial score (nSPS) is 10.7. The van der Waals surface area contributed by atoms with Gasteiger partial charge < -0.3 is 24.0 Å². The van der Waals surface area contributed by atoms with Gasteiger partial charge in [0.2, 0.25) is 0 Å². The first-order chi connectivity index (χ1) is 34.4. The van der Waals surface area contributed by atoms with E-state index in [9.17, 15) is 0 Å². The van der Waals surface area contributed by atoms with Crippen LogP contribution in [0.5, 0.6) is 0 Å². The smallest absolute Gasteiger partial charge is 1.00 e. The van der Waals surface area contributed by atoms with Crippen LogP contribution in [0.25, 0.3) is 0 Å². The first-order valence-electron chi connectivity index (χ1n) is 24.7. The molecule has 0 spiro atoms. The minimum Gasteiger partial charge on any atom is -1.00 e. The minimum atomic E-state index is -0.690. The maximum absolute atomic E-state index is 2.52. The van der Waals surface area contributed by atoms with Gasteiger partial charge in [-0.1, -0.05) is 322 Å². The molecule has 0 heterocycles. The summed E-state index contributed by atoms with van der Waals surface area (Å²) in [5.74, 6) is 0. The van der Waals surface area contributed by atoms with E-state index in [1.54, 1.807) is 0 Å². The Morgan fingerprint density at radius 2 is 0.622 bits per heavy atom. The summed E-state index contributed by atoms with van der Waals surface area (Å²) in [6.07, 6.45) is 0. The molecule has 0 nitrogen and oxygen atoms in total. The molecular weight excluding hydrogens is 1160 g/mol. The summed E-state index contributed by atoms with van der Waals surface area (Å²) in [5.41, 5.74) is 5.76. The Hall–Kier alpha value is -4.48. The van der Waals surface area contributed by atoms with Gasteiger partial charge in [0.1, 0.15) is 0 Å². The van der Waals surface area contributed by atoms with Gasteiger partial charge in [-0.25, -0.2) is 12.1 Å². The molecule has 0 amide bonds. The van der Waals surface area contributed by atoms with Crippen molar-refractivity contribution in [1.29, 1.82) is 0 Å². The number of benzene rings is 8. The SMILES string of the molecule is CC(C)(C)c1cc(P(c2ccccc2)c2ccccc2)[c-](P(c2ccccc2)c2ccccc2)c1.CC(C)(C)c1cc[c-](P(c2ccccc2)c2ccccc2)c1.Cc1ccccc1.Cc1ccccc1.[Cu+2].[Fe].[I-]. The Morgan fingerprint density at radius 1 is 0.338 bits per heavy atom. The summed E-state index contributed by atoms with van der Waals surface area (Å²) in [4.78, 5) is 0. The van der Waals surface area contributed by atoms with Crippen molar-refractivity contribution in [2.45, 2.75) is 66.2 Å². The van der Waals surface area contributed by atoms with E-state index >= 15 is 0 Å². The maximum atomic E-state index is 2.52. The van der Waals surface area contributed by atoms with Crippen LogP contribution in [-0.4, -0.2) is 0 Å². The molecule has 0 aliphatic rings. The zero-order valence-electron chi connectivity index (χ0n) is 43.9. The van der Waals surface area contributed by atoms with Crippen molar-refractivity contribution in [3.05, 3.63) is 295 Å². The third-order valence-corrected chi connectivity index (χ3v) is 19.6. The van der Waals surface area contributed by atoms with E-state index in [-0.39, 0.29) is 68.9 Å². The second-order valence-electron chi connectivity index (χ2n) is 19.7. The first-order valence-corrected chi connectivity index (χ1v) is 28.7. The van der Waals surface area contributed by atoms with E-state index in [1.165, 1.54) is 70.0 Å². The van der Waals surface area contributed by atoms with E-state index in [0.717, 1.165) is 0 Å². The number of aryl methyl sites for hydroxylation is 2. The summed E-state index contributed by atoms with van der Waals surface area (Å²) in [6.45, 7) is 18.0. The molecule has 6 heteroatoms. The first kappa shape index (κ1) is 62.1. The van der Waals surface area contributed by atoms with E-state index in [1.807, 2.05) is 36.4 Å². The zero-order valence-corrected chi connectivity index (χ0v) is 50.7. The van der Waals surface area contributed by atoms with Crippen LogP contribution in [0, 0.1) is 13.8 Å². The van der Waals surface area contributed by atoms with Crippen LogP contribution in [0.2, 0.25) is 0 Å². The largest absolute Gasteiger partial charge is 2.00 e. The standard InChI is InChI=1S/C33H31P2.C21H22P.2C7H8.Cu.Fe.HI/c1-33(2,3)26-24-31(34(27-16-8-4-9-17-27)28-18-10-5-11-19-28)32(25-26)35(29-20-12-6-13-21-29)30-22-14-7-15-23-30;1-21(2,3)17-14-15-20(16-17)22(18-10-6-4-7-11-18)19-12-8-5-9-13-19;2*1-7-5-3-2-4-6-7;;;/h4-25H,1-3H3;4-16H,1-3H3;2*2-6H,1H3;;;1H/q2*-1;;;+2;;/p-1. The van der Waals surface area contributed by atoms with Crippen molar-refractivity contribution in [3.8, 4) is 0 Å². The molecule has 0 aliphatic carbocycles. The Kier molecular flexibility index (Phi) is 25.9. The molecule has 0 fully saturated rings. The molecule has 10 aromatic carbocycles. The molecule has 0 aromatic heterocycles. The molecule has 0 N–H and O–H groups in total. The summed E-state index contributed by atoms with van der Waals surface area (Å²) >= 11 is 0. The molecule has 0 bridgehead atoms. The van der Waals surface area contributed by atoms with Crippen LogP contribution in [0.1, 0.15) is 63.8 Å². The van der Waals surface area contributed by atoms with Gasteiger partial charge in [-0.3, -0.25) is 0 Å². The average Bonchev–Trinajstić information content (AvgIpc) is 4.07. The summed E-state index contributed by atoms with van der Waals surface area (Å²) < 4.78 is 0. The van der Waals surface area contributed by atoms with Crippen LogP contribution in [0.4, 0.5) is 0 Å². The molecule has 0 aliphatic heterocycles. The molecule has 0 saturated carbocycles.